The van der Waals surface area contributed by atoms with Crippen molar-refractivity contribution >= 4 is 22.1 Å². The first kappa shape index (κ1) is 16.0. The maximum Gasteiger partial charge on any atom is 0.328 e. The summed E-state index contributed by atoms with van der Waals surface area (Å²) in [6.07, 6.45) is 7.79. The monoisotopic (exact) mass is 293 g/mol. The Kier molecular flexibility index (Phi) is 5.50. The number of benzene rings is 1. The van der Waals surface area contributed by atoms with Crippen molar-refractivity contribution in [3.8, 4) is 12.3 Å². The Morgan fingerprint density at radius 3 is 2.55 bits per heavy atom. The molecule has 1 unspecified atom stereocenters. The second kappa shape index (κ2) is 6.89. The summed E-state index contributed by atoms with van der Waals surface area (Å²) >= 11 is 0. The van der Waals surface area contributed by atoms with Gasteiger partial charge in [-0.15, -0.1) is 12.3 Å². The Morgan fingerprint density at radius 1 is 1.45 bits per heavy atom. The third kappa shape index (κ3) is 4.88. The third-order valence-corrected chi connectivity index (χ3v) is 3.99. The lowest BCUT2D eigenvalue weighted by Crippen LogP contribution is -2.32. The van der Waals surface area contributed by atoms with Crippen molar-refractivity contribution in [2.75, 3.05) is 0 Å². The molecule has 0 bridgehead atoms. The molecule has 0 saturated heterocycles. The van der Waals surface area contributed by atoms with E-state index in [4.69, 9.17) is 11.5 Å². The van der Waals surface area contributed by atoms with Gasteiger partial charge in [0.05, 0.1) is 4.90 Å². The second-order valence-corrected chi connectivity index (χ2v) is 5.89. The summed E-state index contributed by atoms with van der Waals surface area (Å²) in [6, 6.07) is 5.52. The molecule has 20 heavy (non-hydrogen) atoms. The van der Waals surface area contributed by atoms with Crippen LogP contribution in [0.5, 0.6) is 0 Å². The fourth-order valence-electron chi connectivity index (χ4n) is 1.48. The third-order valence-electron chi connectivity index (χ3n) is 2.39. The molecular formula is C14H15NO4S. The largest absolute Gasteiger partial charge is 0.478 e. The first-order valence-corrected chi connectivity index (χ1v) is 7.30. The predicted molar refractivity (Wildman–Crippen MR) is 76.3 cm³/mol. The number of hydrogen-bond donors (Lipinski definition) is 2. The minimum atomic E-state index is -3.62. The van der Waals surface area contributed by atoms with Crippen molar-refractivity contribution in [2.45, 2.75) is 24.3 Å². The molecule has 0 radical (unpaired) electrons. The number of rotatable bonds is 6. The Labute approximate surface area is 118 Å². The van der Waals surface area contributed by atoms with Gasteiger partial charge in [-0.3, -0.25) is 0 Å². The average molecular weight is 293 g/mol. The molecule has 2 N–H and O–H groups in total. The molecule has 0 heterocycles. The normalized spacial score (nSPS) is 13.0. The highest BCUT2D eigenvalue weighted by molar-refractivity contribution is 7.89. The number of carbonyl (C=O) groups is 1. The Morgan fingerprint density at radius 2 is 2.05 bits per heavy atom. The van der Waals surface area contributed by atoms with Crippen molar-refractivity contribution in [1.29, 1.82) is 0 Å². The molecule has 1 aromatic carbocycles. The van der Waals surface area contributed by atoms with Crippen molar-refractivity contribution in [3.05, 3.63) is 35.9 Å². The Balaban J connectivity index is 2.87. The number of carboxylic acid groups (broad SMARTS) is 1. The van der Waals surface area contributed by atoms with Gasteiger partial charge in [-0.1, -0.05) is 12.1 Å². The van der Waals surface area contributed by atoms with Gasteiger partial charge in [-0.25, -0.2) is 17.9 Å². The summed E-state index contributed by atoms with van der Waals surface area (Å²) in [6.45, 7) is 1.68. The van der Waals surface area contributed by atoms with Gasteiger partial charge in [0.1, 0.15) is 0 Å². The lowest BCUT2D eigenvalue weighted by molar-refractivity contribution is -0.131. The van der Waals surface area contributed by atoms with Gasteiger partial charge in [-0.05, 0) is 30.7 Å². The zero-order valence-electron chi connectivity index (χ0n) is 10.9. The van der Waals surface area contributed by atoms with Crippen LogP contribution in [0.3, 0.4) is 0 Å². The highest BCUT2D eigenvalue weighted by Crippen LogP contribution is 2.12. The Bertz CT molecular complexity index is 639. The van der Waals surface area contributed by atoms with Crippen LogP contribution in [0.25, 0.3) is 6.08 Å². The highest BCUT2D eigenvalue weighted by Gasteiger charge is 2.16. The summed E-state index contributed by atoms with van der Waals surface area (Å²) in [7, 11) is -3.62. The van der Waals surface area contributed by atoms with E-state index in [0.717, 1.165) is 6.08 Å². The molecule has 0 saturated carbocycles. The van der Waals surface area contributed by atoms with Crippen LogP contribution in [0.15, 0.2) is 35.2 Å². The molecule has 1 aromatic rings. The maximum atomic E-state index is 12.0. The van der Waals surface area contributed by atoms with Crippen molar-refractivity contribution in [3.63, 3.8) is 0 Å². The van der Waals surface area contributed by atoms with Gasteiger partial charge < -0.3 is 5.11 Å². The van der Waals surface area contributed by atoms with E-state index in [0.29, 0.717) is 12.0 Å². The average Bonchev–Trinajstić information content (AvgIpc) is 2.36. The predicted octanol–water partition coefficient (Wildman–Crippen LogP) is 1.47. The molecule has 0 aliphatic heterocycles. The van der Waals surface area contributed by atoms with Crippen LogP contribution in [0.2, 0.25) is 0 Å². The van der Waals surface area contributed by atoms with Crippen LogP contribution < -0.4 is 4.72 Å². The van der Waals surface area contributed by atoms with Crippen LogP contribution in [0, 0.1) is 12.3 Å². The maximum absolute atomic E-state index is 12.0. The molecule has 0 aromatic heterocycles. The van der Waals surface area contributed by atoms with Crippen molar-refractivity contribution in [2.24, 2.45) is 0 Å². The van der Waals surface area contributed by atoms with Crippen molar-refractivity contribution < 1.29 is 18.3 Å². The second-order valence-electron chi connectivity index (χ2n) is 4.17. The number of hydrogen-bond acceptors (Lipinski definition) is 3. The summed E-state index contributed by atoms with van der Waals surface area (Å²) in [5, 5.41) is 8.50. The number of sulfonamides is 1. The van der Waals surface area contributed by atoms with E-state index in [1.165, 1.54) is 30.3 Å². The lowest BCUT2D eigenvalue weighted by Gasteiger charge is -2.11. The minimum absolute atomic E-state index is 0.105. The van der Waals surface area contributed by atoms with Gasteiger partial charge in [0.2, 0.25) is 10.0 Å². The topological polar surface area (TPSA) is 83.5 Å². The van der Waals surface area contributed by atoms with E-state index in [9.17, 15) is 13.2 Å². The lowest BCUT2D eigenvalue weighted by atomic mass is 10.2. The molecule has 0 spiro atoms. The van der Waals surface area contributed by atoms with E-state index in [1.54, 1.807) is 6.92 Å². The quantitative estimate of drug-likeness (QED) is 0.614. The summed E-state index contributed by atoms with van der Waals surface area (Å²) in [4.78, 5) is 10.5. The van der Waals surface area contributed by atoms with E-state index < -0.39 is 16.0 Å². The molecule has 0 aliphatic rings. The van der Waals surface area contributed by atoms with Crippen LogP contribution in [-0.4, -0.2) is 25.5 Å². The molecule has 0 aliphatic carbocycles. The molecule has 0 amide bonds. The van der Waals surface area contributed by atoms with E-state index >= 15 is 0 Å². The summed E-state index contributed by atoms with van der Waals surface area (Å²) in [5.41, 5.74) is 0.600. The summed E-state index contributed by atoms with van der Waals surface area (Å²) in [5.74, 6) is 1.32. The van der Waals surface area contributed by atoms with Crippen LogP contribution in [0.1, 0.15) is 18.9 Å². The highest BCUT2D eigenvalue weighted by atomic mass is 32.2. The number of carboxylic acids is 1. The molecule has 0 fully saturated rings. The van der Waals surface area contributed by atoms with Gasteiger partial charge in [0, 0.05) is 18.5 Å². The Hall–Kier alpha value is -2.10. The zero-order chi connectivity index (χ0) is 15.2. The van der Waals surface area contributed by atoms with E-state index in [2.05, 4.69) is 10.6 Å². The van der Waals surface area contributed by atoms with Gasteiger partial charge >= 0.3 is 5.97 Å². The SMILES string of the molecule is C#CCC(C)NS(=O)(=O)c1ccc(/C=C/C(=O)O)cc1. The summed E-state index contributed by atoms with van der Waals surface area (Å²) < 4.78 is 26.5. The number of terminal acetylenes is 1. The molecule has 1 rings (SSSR count). The number of aliphatic carboxylic acids is 1. The van der Waals surface area contributed by atoms with E-state index in [-0.39, 0.29) is 10.9 Å². The number of nitrogens with one attached hydrogen (secondary N) is 1. The van der Waals surface area contributed by atoms with E-state index in [1.807, 2.05) is 0 Å². The van der Waals surface area contributed by atoms with Crippen LogP contribution >= 0.6 is 0 Å². The standard InChI is InChI=1S/C14H15NO4S/c1-3-4-11(2)15-20(18,19)13-8-5-12(6-9-13)7-10-14(16)17/h1,5-11,15H,4H2,2H3,(H,16,17)/b10-7+. The minimum Gasteiger partial charge on any atom is -0.478 e. The van der Waals surface area contributed by atoms with Crippen LogP contribution in [0.4, 0.5) is 0 Å². The first-order chi connectivity index (χ1) is 9.35. The molecular weight excluding hydrogens is 278 g/mol. The van der Waals surface area contributed by atoms with Gasteiger partial charge in [-0.2, -0.15) is 0 Å². The molecule has 106 valence electrons. The molecule has 1 atom stereocenters. The van der Waals surface area contributed by atoms with Gasteiger partial charge in [0.15, 0.2) is 0 Å². The fourth-order valence-corrected chi connectivity index (χ4v) is 2.72. The van der Waals surface area contributed by atoms with Crippen molar-refractivity contribution in [1.82, 2.24) is 4.72 Å². The van der Waals surface area contributed by atoms with Gasteiger partial charge in [0.25, 0.3) is 0 Å². The molecule has 5 nitrogen and oxygen atoms in total. The smallest absolute Gasteiger partial charge is 0.328 e. The first-order valence-electron chi connectivity index (χ1n) is 5.82. The molecule has 6 heteroatoms. The fraction of sp³-hybridized carbons (Fsp3) is 0.214. The van der Waals surface area contributed by atoms with Crippen LogP contribution in [-0.2, 0) is 14.8 Å². The zero-order valence-corrected chi connectivity index (χ0v) is 11.7.